The molecule has 1 N–H and O–H groups in total. The maximum atomic E-state index is 12.2. The van der Waals surface area contributed by atoms with E-state index in [0.29, 0.717) is 28.8 Å². The molecule has 1 aromatic heterocycles. The number of ether oxygens (including phenoxy) is 1. The van der Waals surface area contributed by atoms with Crippen molar-refractivity contribution >= 4 is 39.3 Å². The van der Waals surface area contributed by atoms with Gasteiger partial charge in [-0.25, -0.2) is 4.98 Å². The third-order valence-electron chi connectivity index (χ3n) is 2.46. The molecular formula is C14H12BrClN2O2. The monoisotopic (exact) mass is 354 g/mol. The molecule has 0 aliphatic carbocycles. The van der Waals surface area contributed by atoms with Gasteiger partial charge in [0.1, 0.15) is 11.6 Å². The van der Waals surface area contributed by atoms with Crippen LogP contribution in [-0.2, 0) is 0 Å². The number of carbonyl (C=O) groups is 1. The van der Waals surface area contributed by atoms with Crippen LogP contribution in [0.4, 0.5) is 5.82 Å². The van der Waals surface area contributed by atoms with Crippen molar-refractivity contribution in [3.05, 3.63) is 51.6 Å². The topological polar surface area (TPSA) is 51.2 Å². The molecule has 0 aliphatic rings. The van der Waals surface area contributed by atoms with Crippen LogP contribution in [0.3, 0.4) is 0 Å². The van der Waals surface area contributed by atoms with Gasteiger partial charge in [0, 0.05) is 15.7 Å². The Morgan fingerprint density at radius 3 is 2.85 bits per heavy atom. The van der Waals surface area contributed by atoms with E-state index in [1.165, 1.54) is 0 Å². The van der Waals surface area contributed by atoms with Crippen LogP contribution in [0, 0.1) is 0 Å². The van der Waals surface area contributed by atoms with Crippen LogP contribution in [0.1, 0.15) is 17.3 Å². The molecule has 0 saturated carbocycles. The zero-order valence-electron chi connectivity index (χ0n) is 10.7. The Labute approximate surface area is 130 Å². The average molecular weight is 356 g/mol. The Hall–Kier alpha value is -1.59. The first kappa shape index (κ1) is 14.8. The van der Waals surface area contributed by atoms with Crippen LogP contribution in [0.25, 0.3) is 0 Å². The lowest BCUT2D eigenvalue weighted by Gasteiger charge is -2.10. The predicted molar refractivity (Wildman–Crippen MR) is 82.5 cm³/mol. The second kappa shape index (κ2) is 6.72. The predicted octanol–water partition coefficient (Wildman–Crippen LogP) is 4.15. The smallest absolute Gasteiger partial charge is 0.260 e. The van der Waals surface area contributed by atoms with Gasteiger partial charge in [-0.2, -0.15) is 0 Å². The van der Waals surface area contributed by atoms with Crippen molar-refractivity contribution < 1.29 is 9.53 Å². The number of benzene rings is 1. The molecule has 0 bridgehead atoms. The average Bonchev–Trinajstić information content (AvgIpc) is 2.43. The van der Waals surface area contributed by atoms with Gasteiger partial charge in [0.15, 0.2) is 0 Å². The molecule has 104 valence electrons. The molecule has 0 fully saturated rings. The zero-order chi connectivity index (χ0) is 14.5. The highest BCUT2D eigenvalue weighted by atomic mass is 79.9. The number of amides is 1. The van der Waals surface area contributed by atoms with E-state index in [1.54, 1.807) is 36.5 Å². The number of aromatic nitrogens is 1. The van der Waals surface area contributed by atoms with Gasteiger partial charge in [-0.05, 0) is 53.2 Å². The quantitative estimate of drug-likeness (QED) is 0.896. The number of hydrogen-bond donors (Lipinski definition) is 1. The highest BCUT2D eigenvalue weighted by molar-refractivity contribution is 9.10. The van der Waals surface area contributed by atoms with Crippen LogP contribution >= 0.6 is 27.5 Å². The number of carbonyl (C=O) groups excluding carboxylic acids is 1. The van der Waals surface area contributed by atoms with Gasteiger partial charge in [0.25, 0.3) is 5.91 Å². The van der Waals surface area contributed by atoms with Crippen molar-refractivity contribution in [3.63, 3.8) is 0 Å². The maximum absolute atomic E-state index is 12.2. The van der Waals surface area contributed by atoms with Gasteiger partial charge in [0.2, 0.25) is 0 Å². The van der Waals surface area contributed by atoms with Crippen LogP contribution in [-0.4, -0.2) is 17.5 Å². The minimum Gasteiger partial charge on any atom is -0.493 e. The molecular weight excluding hydrogens is 344 g/mol. The summed E-state index contributed by atoms with van der Waals surface area (Å²) < 4.78 is 6.26. The summed E-state index contributed by atoms with van der Waals surface area (Å²) >= 11 is 9.21. The van der Waals surface area contributed by atoms with Crippen molar-refractivity contribution in [2.24, 2.45) is 0 Å². The summed E-state index contributed by atoms with van der Waals surface area (Å²) in [5.74, 6) is 0.637. The van der Waals surface area contributed by atoms with Crippen LogP contribution in [0.5, 0.6) is 5.75 Å². The van der Waals surface area contributed by atoms with Crippen LogP contribution in [0.2, 0.25) is 5.02 Å². The van der Waals surface area contributed by atoms with Gasteiger partial charge < -0.3 is 10.1 Å². The summed E-state index contributed by atoms with van der Waals surface area (Å²) in [6.45, 7) is 2.32. The molecule has 0 aliphatic heterocycles. The first-order chi connectivity index (χ1) is 9.60. The van der Waals surface area contributed by atoms with Crippen LogP contribution in [0.15, 0.2) is 41.0 Å². The highest BCUT2D eigenvalue weighted by Gasteiger charge is 2.14. The Balaban J connectivity index is 2.23. The third-order valence-corrected chi connectivity index (χ3v) is 3.16. The molecule has 1 aromatic carbocycles. The molecule has 6 heteroatoms. The summed E-state index contributed by atoms with van der Waals surface area (Å²) in [6, 6.07) is 8.43. The molecule has 2 rings (SSSR count). The fraction of sp³-hybridized carbons (Fsp3) is 0.143. The van der Waals surface area contributed by atoms with Crippen molar-refractivity contribution in [3.8, 4) is 5.75 Å². The number of hydrogen-bond acceptors (Lipinski definition) is 3. The molecule has 0 saturated heterocycles. The second-order valence-corrected chi connectivity index (χ2v) is 5.24. The minimum atomic E-state index is -0.314. The van der Waals surface area contributed by atoms with Crippen molar-refractivity contribution in [1.29, 1.82) is 0 Å². The van der Waals surface area contributed by atoms with E-state index in [1.807, 2.05) is 6.92 Å². The Morgan fingerprint density at radius 1 is 1.40 bits per heavy atom. The second-order valence-electron chi connectivity index (χ2n) is 3.89. The van der Waals surface area contributed by atoms with Gasteiger partial charge in [-0.1, -0.05) is 11.6 Å². The molecule has 0 spiro atoms. The third kappa shape index (κ3) is 3.71. The van der Waals surface area contributed by atoms with E-state index in [-0.39, 0.29) is 5.91 Å². The zero-order valence-corrected chi connectivity index (χ0v) is 13.0. The normalized spacial score (nSPS) is 10.2. The van der Waals surface area contributed by atoms with Gasteiger partial charge in [0.05, 0.1) is 12.2 Å². The molecule has 0 radical (unpaired) electrons. The van der Waals surface area contributed by atoms with Crippen molar-refractivity contribution in [2.75, 3.05) is 11.9 Å². The van der Waals surface area contributed by atoms with E-state index in [9.17, 15) is 4.79 Å². The first-order valence-corrected chi connectivity index (χ1v) is 7.12. The molecule has 0 unspecified atom stereocenters. The summed E-state index contributed by atoms with van der Waals surface area (Å²) in [5, 5.41) is 3.18. The lowest BCUT2D eigenvalue weighted by molar-refractivity contribution is 0.102. The first-order valence-electron chi connectivity index (χ1n) is 5.95. The van der Waals surface area contributed by atoms with E-state index in [0.717, 1.165) is 4.47 Å². The largest absolute Gasteiger partial charge is 0.493 e. The van der Waals surface area contributed by atoms with Crippen molar-refractivity contribution in [2.45, 2.75) is 6.92 Å². The summed E-state index contributed by atoms with van der Waals surface area (Å²) in [7, 11) is 0. The van der Waals surface area contributed by atoms with Crippen molar-refractivity contribution in [1.82, 2.24) is 4.98 Å². The van der Waals surface area contributed by atoms with Crippen LogP contribution < -0.4 is 10.1 Å². The number of anilines is 1. The molecule has 2 aromatic rings. The fourth-order valence-corrected chi connectivity index (χ4v) is 2.00. The highest BCUT2D eigenvalue weighted by Crippen LogP contribution is 2.24. The molecule has 0 atom stereocenters. The SMILES string of the molecule is CCOc1ccc(Cl)cc1C(=O)Nc1ccc(Br)cn1. The summed E-state index contributed by atoms with van der Waals surface area (Å²) in [5.41, 5.74) is 0.379. The van der Waals surface area contributed by atoms with E-state index in [4.69, 9.17) is 16.3 Å². The number of nitrogens with zero attached hydrogens (tertiary/aromatic N) is 1. The Morgan fingerprint density at radius 2 is 2.20 bits per heavy atom. The number of pyridine rings is 1. The molecule has 1 heterocycles. The lowest BCUT2D eigenvalue weighted by atomic mass is 10.2. The molecule has 1 amide bonds. The fourth-order valence-electron chi connectivity index (χ4n) is 1.59. The number of halogens is 2. The lowest BCUT2D eigenvalue weighted by Crippen LogP contribution is -2.14. The van der Waals surface area contributed by atoms with E-state index < -0.39 is 0 Å². The maximum Gasteiger partial charge on any atom is 0.260 e. The Bertz CT molecular complexity index is 617. The number of rotatable bonds is 4. The summed E-state index contributed by atoms with van der Waals surface area (Å²) in [4.78, 5) is 16.3. The molecule has 4 nitrogen and oxygen atoms in total. The Kier molecular flexibility index (Phi) is 4.98. The van der Waals surface area contributed by atoms with E-state index >= 15 is 0 Å². The molecule has 20 heavy (non-hydrogen) atoms. The van der Waals surface area contributed by atoms with Gasteiger partial charge in [-0.3, -0.25) is 4.79 Å². The minimum absolute atomic E-state index is 0.314. The van der Waals surface area contributed by atoms with Gasteiger partial charge >= 0.3 is 0 Å². The van der Waals surface area contributed by atoms with Gasteiger partial charge in [-0.15, -0.1) is 0 Å². The number of nitrogens with one attached hydrogen (secondary N) is 1. The van der Waals surface area contributed by atoms with E-state index in [2.05, 4.69) is 26.2 Å². The standard InChI is InChI=1S/C14H12BrClN2O2/c1-2-20-12-5-4-10(16)7-11(12)14(19)18-13-6-3-9(15)8-17-13/h3-8H,2H2,1H3,(H,17,18,19). The summed E-state index contributed by atoms with van der Waals surface area (Å²) in [6.07, 6.45) is 1.61.